The number of halogens is 2. The molecule has 0 amide bonds. The normalized spacial score (nSPS) is 15.5. The summed E-state index contributed by atoms with van der Waals surface area (Å²) in [5, 5.41) is 0. The highest BCUT2D eigenvalue weighted by Crippen LogP contribution is 2.26. The van der Waals surface area contributed by atoms with Crippen LogP contribution in [0.2, 0.25) is 0 Å². The fraction of sp³-hybridized carbons (Fsp3) is 0.417. The van der Waals surface area contributed by atoms with Crippen molar-refractivity contribution in [3.05, 3.63) is 29.3 Å². The van der Waals surface area contributed by atoms with Crippen LogP contribution in [0.25, 0.3) is 0 Å². The van der Waals surface area contributed by atoms with Crippen LogP contribution in [-0.2, 0) is 10.0 Å². The van der Waals surface area contributed by atoms with E-state index in [2.05, 4.69) is 4.72 Å². The molecule has 1 aliphatic rings. The van der Waals surface area contributed by atoms with Gasteiger partial charge in [0.25, 0.3) is 0 Å². The Bertz CT molecular complexity index is 624. The van der Waals surface area contributed by atoms with Crippen LogP contribution in [0.1, 0.15) is 36.5 Å². The number of carbonyl (C=O) groups excluding carboxylic acids is 1. The standard InChI is InChI=1S/C12H13F2NO3S/c1-2-9(16)11-8(13)5-6-10(12(11)14)19(17,18)15-7-3-4-7/h5-7,15H,2-4H2,1H3. The number of rotatable bonds is 5. The van der Waals surface area contributed by atoms with Gasteiger partial charge in [0.05, 0.1) is 5.56 Å². The van der Waals surface area contributed by atoms with Crippen molar-refractivity contribution in [3.8, 4) is 0 Å². The minimum absolute atomic E-state index is 0.104. The smallest absolute Gasteiger partial charge is 0.243 e. The van der Waals surface area contributed by atoms with Gasteiger partial charge in [0.1, 0.15) is 10.7 Å². The molecule has 4 nitrogen and oxygen atoms in total. The zero-order valence-electron chi connectivity index (χ0n) is 10.2. The molecule has 0 bridgehead atoms. The van der Waals surface area contributed by atoms with Crippen molar-refractivity contribution in [1.82, 2.24) is 4.72 Å². The molecular weight excluding hydrogens is 276 g/mol. The highest BCUT2D eigenvalue weighted by Gasteiger charge is 2.31. The van der Waals surface area contributed by atoms with Crippen molar-refractivity contribution in [2.45, 2.75) is 37.1 Å². The number of nitrogens with one attached hydrogen (secondary N) is 1. The molecule has 0 aliphatic heterocycles. The second-order valence-electron chi connectivity index (χ2n) is 4.41. The van der Waals surface area contributed by atoms with E-state index in [1.54, 1.807) is 0 Å². The maximum Gasteiger partial charge on any atom is 0.243 e. The van der Waals surface area contributed by atoms with Gasteiger partial charge in [-0.3, -0.25) is 4.79 Å². The van der Waals surface area contributed by atoms with Crippen LogP contribution in [0.4, 0.5) is 8.78 Å². The minimum Gasteiger partial charge on any atom is -0.294 e. The molecule has 1 fully saturated rings. The van der Waals surface area contributed by atoms with Crippen molar-refractivity contribution in [2.75, 3.05) is 0 Å². The lowest BCUT2D eigenvalue weighted by atomic mass is 10.1. The number of ketones is 1. The minimum atomic E-state index is -4.05. The fourth-order valence-corrected chi connectivity index (χ4v) is 3.04. The van der Waals surface area contributed by atoms with E-state index in [9.17, 15) is 22.0 Å². The summed E-state index contributed by atoms with van der Waals surface area (Å²) in [7, 11) is -4.05. The van der Waals surface area contributed by atoms with Crippen LogP contribution < -0.4 is 4.72 Å². The zero-order valence-corrected chi connectivity index (χ0v) is 11.1. The summed E-state index contributed by atoms with van der Waals surface area (Å²) < 4.78 is 53.6. The molecule has 7 heteroatoms. The number of hydrogen-bond acceptors (Lipinski definition) is 3. The lowest BCUT2D eigenvalue weighted by molar-refractivity contribution is 0.0979. The van der Waals surface area contributed by atoms with E-state index in [4.69, 9.17) is 0 Å². The fourth-order valence-electron chi connectivity index (χ4n) is 1.66. The van der Waals surface area contributed by atoms with Gasteiger partial charge in [-0.05, 0) is 25.0 Å². The first-order chi connectivity index (χ1) is 8.86. The summed E-state index contributed by atoms with van der Waals surface area (Å²) in [6, 6.07) is 1.44. The van der Waals surface area contributed by atoms with Gasteiger partial charge in [0, 0.05) is 12.5 Å². The van der Waals surface area contributed by atoms with Gasteiger partial charge in [-0.15, -0.1) is 0 Å². The highest BCUT2D eigenvalue weighted by atomic mass is 32.2. The molecular formula is C12H13F2NO3S. The molecule has 1 saturated carbocycles. The summed E-state index contributed by atoms with van der Waals surface area (Å²) in [4.78, 5) is 10.8. The summed E-state index contributed by atoms with van der Waals surface area (Å²) in [5.74, 6) is -3.13. The Morgan fingerprint density at radius 3 is 2.53 bits per heavy atom. The van der Waals surface area contributed by atoms with E-state index in [0.717, 1.165) is 12.1 Å². The van der Waals surface area contributed by atoms with Gasteiger partial charge >= 0.3 is 0 Å². The van der Waals surface area contributed by atoms with Gasteiger partial charge in [0.15, 0.2) is 11.6 Å². The molecule has 1 aliphatic carbocycles. The van der Waals surface area contributed by atoms with E-state index in [1.807, 2.05) is 0 Å². The second kappa shape index (κ2) is 4.97. The number of carbonyl (C=O) groups is 1. The summed E-state index contributed by atoms with van der Waals surface area (Å²) in [6.45, 7) is 1.45. The van der Waals surface area contributed by atoms with Gasteiger partial charge < -0.3 is 0 Å². The number of benzene rings is 1. The maximum absolute atomic E-state index is 14.1. The van der Waals surface area contributed by atoms with Crippen molar-refractivity contribution in [1.29, 1.82) is 0 Å². The Balaban J connectivity index is 2.50. The number of Topliss-reactive ketones (excluding diaryl/α,β-unsaturated/α-hetero) is 1. The Morgan fingerprint density at radius 2 is 2.00 bits per heavy atom. The third-order valence-electron chi connectivity index (χ3n) is 2.84. The molecule has 1 aromatic carbocycles. The third kappa shape index (κ3) is 2.82. The first-order valence-electron chi connectivity index (χ1n) is 5.90. The molecule has 0 atom stereocenters. The van der Waals surface area contributed by atoms with Gasteiger partial charge in [-0.25, -0.2) is 21.9 Å². The van der Waals surface area contributed by atoms with Gasteiger partial charge in [-0.2, -0.15) is 0 Å². The molecule has 2 rings (SSSR count). The van der Waals surface area contributed by atoms with E-state index >= 15 is 0 Å². The maximum atomic E-state index is 14.1. The summed E-state index contributed by atoms with van der Waals surface area (Å²) in [5.41, 5.74) is -0.791. The van der Waals surface area contributed by atoms with Gasteiger partial charge in [-0.1, -0.05) is 6.92 Å². The average molecular weight is 289 g/mol. The molecule has 1 N–H and O–H groups in total. The third-order valence-corrected chi connectivity index (χ3v) is 4.38. The Hall–Kier alpha value is -1.34. The molecule has 0 aromatic heterocycles. The van der Waals surface area contributed by atoms with Crippen LogP contribution in [0.15, 0.2) is 17.0 Å². The van der Waals surface area contributed by atoms with Crippen molar-refractivity contribution in [2.24, 2.45) is 0 Å². The Kier molecular flexibility index (Phi) is 3.69. The van der Waals surface area contributed by atoms with Crippen LogP contribution in [0.3, 0.4) is 0 Å². The quantitative estimate of drug-likeness (QED) is 0.843. The van der Waals surface area contributed by atoms with Crippen LogP contribution in [-0.4, -0.2) is 20.2 Å². The van der Waals surface area contributed by atoms with E-state index in [-0.39, 0.29) is 12.5 Å². The molecule has 0 heterocycles. The molecule has 0 spiro atoms. The Morgan fingerprint density at radius 1 is 1.37 bits per heavy atom. The van der Waals surface area contributed by atoms with E-state index < -0.39 is 37.9 Å². The summed E-state index contributed by atoms with van der Waals surface area (Å²) >= 11 is 0. The first-order valence-corrected chi connectivity index (χ1v) is 7.38. The van der Waals surface area contributed by atoms with Crippen molar-refractivity contribution in [3.63, 3.8) is 0 Å². The van der Waals surface area contributed by atoms with E-state index in [0.29, 0.717) is 12.8 Å². The van der Waals surface area contributed by atoms with Gasteiger partial charge in [0.2, 0.25) is 10.0 Å². The summed E-state index contributed by atoms with van der Waals surface area (Å²) in [6.07, 6.45) is 1.29. The average Bonchev–Trinajstić information content (AvgIpc) is 3.11. The zero-order chi connectivity index (χ0) is 14.2. The monoisotopic (exact) mass is 289 g/mol. The van der Waals surface area contributed by atoms with Crippen molar-refractivity contribution >= 4 is 15.8 Å². The largest absolute Gasteiger partial charge is 0.294 e. The van der Waals surface area contributed by atoms with Crippen LogP contribution in [0, 0.1) is 11.6 Å². The number of sulfonamides is 1. The lowest BCUT2D eigenvalue weighted by Gasteiger charge is -2.09. The molecule has 0 saturated heterocycles. The van der Waals surface area contributed by atoms with Crippen LogP contribution >= 0.6 is 0 Å². The molecule has 0 unspecified atom stereocenters. The predicted octanol–water partition coefficient (Wildman–Crippen LogP) is 2.00. The lowest BCUT2D eigenvalue weighted by Crippen LogP contribution is -2.27. The topological polar surface area (TPSA) is 63.2 Å². The van der Waals surface area contributed by atoms with E-state index in [1.165, 1.54) is 6.92 Å². The highest BCUT2D eigenvalue weighted by molar-refractivity contribution is 7.89. The SMILES string of the molecule is CCC(=O)c1c(F)ccc(S(=O)(=O)NC2CC2)c1F. The second-order valence-corrected chi connectivity index (χ2v) is 6.09. The predicted molar refractivity (Wildman–Crippen MR) is 64.3 cm³/mol. The molecule has 1 aromatic rings. The van der Waals surface area contributed by atoms with Crippen LogP contribution in [0.5, 0.6) is 0 Å². The number of hydrogen-bond donors (Lipinski definition) is 1. The molecule has 104 valence electrons. The Labute approximate surface area is 109 Å². The van der Waals surface area contributed by atoms with Crippen molar-refractivity contribution < 1.29 is 22.0 Å². The first kappa shape index (κ1) is 14.1. The molecule has 0 radical (unpaired) electrons. The molecule has 19 heavy (non-hydrogen) atoms.